The molecular formula is C18H18ClF4N. The zero-order chi connectivity index (χ0) is 17.7. The van der Waals surface area contributed by atoms with E-state index in [2.05, 4.69) is 5.32 Å². The van der Waals surface area contributed by atoms with Crippen molar-refractivity contribution in [3.8, 4) is 0 Å². The van der Waals surface area contributed by atoms with E-state index in [-0.39, 0.29) is 11.1 Å². The molecule has 0 aliphatic heterocycles. The predicted molar refractivity (Wildman–Crippen MR) is 87.5 cm³/mol. The lowest BCUT2D eigenvalue weighted by atomic mass is 10.1. The average Bonchev–Trinajstić information content (AvgIpc) is 2.53. The van der Waals surface area contributed by atoms with Crippen LogP contribution in [0.25, 0.3) is 0 Å². The smallest absolute Gasteiger partial charge is 0.310 e. The summed E-state index contributed by atoms with van der Waals surface area (Å²) in [5.74, 6) is -0.436. The Morgan fingerprint density at radius 3 is 2.25 bits per heavy atom. The zero-order valence-electron chi connectivity index (χ0n) is 13.1. The third-order valence-electron chi connectivity index (χ3n) is 3.79. The lowest BCUT2D eigenvalue weighted by Gasteiger charge is -2.14. The molecular weight excluding hydrogens is 342 g/mol. The fraction of sp³-hybridized carbons (Fsp3) is 0.333. The monoisotopic (exact) mass is 359 g/mol. The summed E-state index contributed by atoms with van der Waals surface area (Å²) in [6, 6.07) is 9.94. The zero-order valence-corrected chi connectivity index (χ0v) is 13.9. The van der Waals surface area contributed by atoms with E-state index >= 15 is 0 Å². The molecule has 0 fully saturated rings. The van der Waals surface area contributed by atoms with Crippen molar-refractivity contribution in [1.29, 1.82) is 0 Å². The lowest BCUT2D eigenvalue weighted by molar-refractivity contribution is -0.137. The van der Waals surface area contributed by atoms with Crippen LogP contribution in [0.5, 0.6) is 0 Å². The Labute approximate surface area is 143 Å². The van der Waals surface area contributed by atoms with Crippen LogP contribution < -0.4 is 5.32 Å². The van der Waals surface area contributed by atoms with E-state index in [1.165, 1.54) is 18.2 Å². The van der Waals surface area contributed by atoms with Crippen LogP contribution in [0, 0.1) is 5.82 Å². The van der Waals surface area contributed by atoms with Crippen LogP contribution in [0.15, 0.2) is 42.5 Å². The van der Waals surface area contributed by atoms with E-state index in [0.717, 1.165) is 36.1 Å². The summed E-state index contributed by atoms with van der Waals surface area (Å²) in [4.78, 5) is 0. The van der Waals surface area contributed by atoms with Gasteiger partial charge in [0.15, 0.2) is 0 Å². The predicted octanol–water partition coefficient (Wildman–Crippen LogP) is 5.61. The van der Waals surface area contributed by atoms with Crippen LogP contribution in [0.3, 0.4) is 0 Å². The van der Waals surface area contributed by atoms with Gasteiger partial charge in [0.1, 0.15) is 5.82 Å². The minimum Gasteiger partial charge on any atom is -0.310 e. The minimum absolute atomic E-state index is 0.109. The van der Waals surface area contributed by atoms with Crippen molar-refractivity contribution in [3.63, 3.8) is 0 Å². The summed E-state index contributed by atoms with van der Waals surface area (Å²) < 4.78 is 50.6. The van der Waals surface area contributed by atoms with E-state index in [1.54, 1.807) is 12.1 Å². The maximum atomic E-state index is 13.1. The molecule has 1 N–H and O–H groups in total. The van der Waals surface area contributed by atoms with Crippen molar-refractivity contribution in [2.45, 2.75) is 38.5 Å². The first-order valence-electron chi connectivity index (χ1n) is 7.59. The maximum Gasteiger partial charge on any atom is 0.416 e. The SMILES string of the molecule is C[C@H](CCc1ccc(F)c(Cl)c1)NCc1ccc(C(F)(F)F)cc1. The van der Waals surface area contributed by atoms with Crippen molar-refractivity contribution < 1.29 is 17.6 Å². The second-order valence-corrected chi connectivity index (χ2v) is 6.17. The van der Waals surface area contributed by atoms with Crippen LogP contribution in [0.4, 0.5) is 17.6 Å². The van der Waals surface area contributed by atoms with Crippen LogP contribution >= 0.6 is 11.6 Å². The molecule has 24 heavy (non-hydrogen) atoms. The number of hydrogen-bond acceptors (Lipinski definition) is 1. The van der Waals surface area contributed by atoms with Gasteiger partial charge in [0.2, 0.25) is 0 Å². The number of rotatable bonds is 6. The quantitative estimate of drug-likeness (QED) is 0.661. The maximum absolute atomic E-state index is 13.1. The molecule has 0 amide bonds. The highest BCUT2D eigenvalue weighted by Gasteiger charge is 2.29. The molecule has 0 saturated heterocycles. The topological polar surface area (TPSA) is 12.0 Å². The van der Waals surface area contributed by atoms with Gasteiger partial charge in [-0.15, -0.1) is 0 Å². The molecule has 0 saturated carbocycles. The van der Waals surface area contributed by atoms with Crippen molar-refractivity contribution in [2.75, 3.05) is 0 Å². The fourth-order valence-electron chi connectivity index (χ4n) is 2.28. The summed E-state index contributed by atoms with van der Waals surface area (Å²) in [6.07, 6.45) is -2.76. The van der Waals surface area contributed by atoms with Gasteiger partial charge in [0, 0.05) is 12.6 Å². The van der Waals surface area contributed by atoms with Crippen molar-refractivity contribution >= 4 is 11.6 Å². The molecule has 130 valence electrons. The summed E-state index contributed by atoms with van der Waals surface area (Å²) in [6.45, 7) is 2.48. The largest absolute Gasteiger partial charge is 0.416 e. The number of hydrogen-bond donors (Lipinski definition) is 1. The molecule has 0 heterocycles. The average molecular weight is 360 g/mol. The highest BCUT2D eigenvalue weighted by Crippen LogP contribution is 2.29. The van der Waals surface area contributed by atoms with E-state index in [4.69, 9.17) is 11.6 Å². The van der Waals surface area contributed by atoms with Gasteiger partial charge in [-0.05, 0) is 55.2 Å². The molecule has 0 aliphatic carbocycles. The first-order chi connectivity index (χ1) is 11.3. The number of benzene rings is 2. The second kappa shape index (κ2) is 7.99. The highest BCUT2D eigenvalue weighted by atomic mass is 35.5. The first-order valence-corrected chi connectivity index (χ1v) is 7.97. The fourth-order valence-corrected chi connectivity index (χ4v) is 2.49. The molecule has 0 aromatic heterocycles. The van der Waals surface area contributed by atoms with Gasteiger partial charge in [-0.3, -0.25) is 0 Å². The van der Waals surface area contributed by atoms with E-state index < -0.39 is 17.6 Å². The minimum atomic E-state index is -4.31. The van der Waals surface area contributed by atoms with Gasteiger partial charge in [-0.1, -0.05) is 29.8 Å². The number of aryl methyl sites for hydroxylation is 1. The van der Waals surface area contributed by atoms with Gasteiger partial charge in [0.25, 0.3) is 0 Å². The number of halogens is 5. The normalized spacial score (nSPS) is 13.1. The van der Waals surface area contributed by atoms with Crippen LogP contribution in [-0.4, -0.2) is 6.04 Å². The van der Waals surface area contributed by atoms with Gasteiger partial charge < -0.3 is 5.32 Å². The molecule has 6 heteroatoms. The van der Waals surface area contributed by atoms with Crippen molar-refractivity contribution in [3.05, 3.63) is 70.0 Å². The van der Waals surface area contributed by atoms with Crippen molar-refractivity contribution in [1.82, 2.24) is 5.32 Å². The van der Waals surface area contributed by atoms with Crippen LogP contribution in [0.1, 0.15) is 30.0 Å². The molecule has 0 aliphatic rings. The van der Waals surface area contributed by atoms with E-state index in [0.29, 0.717) is 6.54 Å². The van der Waals surface area contributed by atoms with Gasteiger partial charge in [0.05, 0.1) is 10.6 Å². The highest BCUT2D eigenvalue weighted by molar-refractivity contribution is 6.30. The Morgan fingerprint density at radius 2 is 1.67 bits per heavy atom. The summed E-state index contributed by atoms with van der Waals surface area (Å²) in [5, 5.41) is 3.37. The molecule has 0 radical (unpaired) electrons. The summed E-state index contributed by atoms with van der Waals surface area (Å²) in [5.41, 5.74) is 1.09. The Bertz CT molecular complexity index is 668. The summed E-state index contributed by atoms with van der Waals surface area (Å²) in [7, 11) is 0. The van der Waals surface area contributed by atoms with Gasteiger partial charge >= 0.3 is 6.18 Å². The Hall–Kier alpha value is -1.59. The Morgan fingerprint density at radius 1 is 1.04 bits per heavy atom. The molecule has 2 aromatic rings. The van der Waals surface area contributed by atoms with Gasteiger partial charge in [-0.2, -0.15) is 13.2 Å². The Kier molecular flexibility index (Phi) is 6.24. The standard InChI is InChI=1S/C18H18ClF4N/c1-12(2-3-13-6-9-17(20)16(19)10-13)24-11-14-4-7-15(8-5-14)18(21,22)23/h4-10,12,24H,2-3,11H2,1H3/t12-/m1/s1. The second-order valence-electron chi connectivity index (χ2n) is 5.76. The summed E-state index contributed by atoms with van der Waals surface area (Å²) >= 11 is 5.74. The third-order valence-corrected chi connectivity index (χ3v) is 4.08. The van der Waals surface area contributed by atoms with E-state index in [9.17, 15) is 17.6 Å². The number of nitrogens with one attached hydrogen (secondary N) is 1. The third kappa shape index (κ3) is 5.49. The van der Waals surface area contributed by atoms with Crippen molar-refractivity contribution in [2.24, 2.45) is 0 Å². The van der Waals surface area contributed by atoms with Crippen LogP contribution in [0.2, 0.25) is 5.02 Å². The molecule has 2 aromatic carbocycles. The molecule has 0 spiro atoms. The number of alkyl halides is 3. The molecule has 1 atom stereocenters. The molecule has 0 unspecified atom stereocenters. The molecule has 1 nitrogen and oxygen atoms in total. The Balaban J connectivity index is 1.80. The molecule has 0 bridgehead atoms. The molecule has 2 rings (SSSR count). The lowest BCUT2D eigenvalue weighted by Crippen LogP contribution is -2.26. The first kappa shape index (κ1) is 18.7. The van der Waals surface area contributed by atoms with Gasteiger partial charge in [-0.25, -0.2) is 4.39 Å². The van der Waals surface area contributed by atoms with Crippen LogP contribution in [-0.2, 0) is 19.1 Å². The van der Waals surface area contributed by atoms with E-state index in [1.807, 2.05) is 6.92 Å².